The smallest absolute Gasteiger partial charge is 0.0897 e. The van der Waals surface area contributed by atoms with Crippen LogP contribution in [0.25, 0.3) is 0 Å². The molecule has 2 atom stereocenters. The summed E-state index contributed by atoms with van der Waals surface area (Å²) in [4.78, 5) is 0. The lowest BCUT2D eigenvalue weighted by atomic mass is 10.0. The highest BCUT2D eigenvalue weighted by Crippen LogP contribution is 2.13. The molecule has 2 aliphatic heterocycles. The summed E-state index contributed by atoms with van der Waals surface area (Å²) in [6, 6.07) is 0. The van der Waals surface area contributed by atoms with Crippen molar-refractivity contribution in [1.29, 1.82) is 0 Å². The first-order valence-electron chi connectivity index (χ1n) is 7.50. The number of hydrogen-bond acceptors (Lipinski definition) is 5. The van der Waals surface area contributed by atoms with Crippen molar-refractivity contribution in [1.82, 2.24) is 5.32 Å². The highest BCUT2D eigenvalue weighted by molar-refractivity contribution is 4.68. The van der Waals surface area contributed by atoms with Crippen LogP contribution in [0.5, 0.6) is 0 Å². The zero-order valence-corrected chi connectivity index (χ0v) is 11.7. The normalized spacial score (nSPS) is 26.7. The molecule has 0 aromatic heterocycles. The van der Waals surface area contributed by atoms with E-state index in [4.69, 9.17) is 14.2 Å². The Morgan fingerprint density at radius 1 is 1.21 bits per heavy atom. The van der Waals surface area contributed by atoms with Gasteiger partial charge in [-0.2, -0.15) is 0 Å². The van der Waals surface area contributed by atoms with Gasteiger partial charge in [-0.1, -0.05) is 0 Å². The lowest BCUT2D eigenvalue weighted by Crippen LogP contribution is -2.35. The van der Waals surface area contributed by atoms with Crippen LogP contribution >= 0.6 is 0 Å². The summed E-state index contributed by atoms with van der Waals surface area (Å²) >= 11 is 0. The summed E-state index contributed by atoms with van der Waals surface area (Å²) in [6.45, 7) is 5.16. The van der Waals surface area contributed by atoms with Crippen molar-refractivity contribution in [2.24, 2.45) is 5.92 Å². The fourth-order valence-electron chi connectivity index (χ4n) is 2.57. The molecule has 2 N–H and O–H groups in total. The monoisotopic (exact) mass is 273 g/mol. The lowest BCUT2D eigenvalue weighted by Gasteiger charge is -2.23. The molecule has 5 heteroatoms. The molecular formula is C14H27NO4. The Labute approximate surface area is 115 Å². The molecule has 0 aromatic carbocycles. The highest BCUT2D eigenvalue weighted by Gasteiger charge is 2.16. The van der Waals surface area contributed by atoms with Crippen LogP contribution in [-0.2, 0) is 14.2 Å². The van der Waals surface area contributed by atoms with Crippen LogP contribution in [0.3, 0.4) is 0 Å². The average molecular weight is 273 g/mol. The van der Waals surface area contributed by atoms with Crippen molar-refractivity contribution in [3.05, 3.63) is 0 Å². The maximum atomic E-state index is 9.80. The summed E-state index contributed by atoms with van der Waals surface area (Å²) in [7, 11) is 0. The Bertz CT molecular complexity index is 227. The zero-order chi connectivity index (χ0) is 13.3. The molecule has 0 radical (unpaired) electrons. The van der Waals surface area contributed by atoms with E-state index in [-0.39, 0.29) is 6.10 Å². The zero-order valence-electron chi connectivity index (χ0n) is 11.7. The Hall–Kier alpha value is -0.200. The molecule has 19 heavy (non-hydrogen) atoms. The van der Waals surface area contributed by atoms with Crippen LogP contribution in [0, 0.1) is 5.92 Å². The van der Waals surface area contributed by atoms with Crippen LogP contribution in [-0.4, -0.2) is 63.4 Å². The Morgan fingerprint density at radius 3 is 2.79 bits per heavy atom. The van der Waals surface area contributed by atoms with Crippen LogP contribution in [0.4, 0.5) is 0 Å². The maximum Gasteiger partial charge on any atom is 0.0897 e. The second kappa shape index (κ2) is 8.87. The predicted octanol–water partition coefficient (Wildman–Crippen LogP) is 0.559. The van der Waals surface area contributed by atoms with Crippen molar-refractivity contribution in [3.63, 3.8) is 0 Å². The van der Waals surface area contributed by atoms with Gasteiger partial charge in [-0.3, -0.25) is 0 Å². The SMILES string of the molecule is OC(CNCC1CCOCC1)COCC1CCCO1. The van der Waals surface area contributed by atoms with Crippen molar-refractivity contribution in [2.45, 2.75) is 37.9 Å². The Balaban J connectivity index is 1.43. The quantitative estimate of drug-likeness (QED) is 0.677. The number of nitrogens with one attached hydrogen (secondary N) is 1. The van der Waals surface area contributed by atoms with Gasteiger partial charge in [-0.15, -0.1) is 0 Å². The van der Waals surface area contributed by atoms with Gasteiger partial charge in [0.05, 0.1) is 25.4 Å². The molecule has 112 valence electrons. The first-order chi connectivity index (χ1) is 9.34. The maximum absolute atomic E-state index is 9.80. The van der Waals surface area contributed by atoms with E-state index in [9.17, 15) is 5.11 Å². The van der Waals surface area contributed by atoms with Gasteiger partial charge in [0.2, 0.25) is 0 Å². The van der Waals surface area contributed by atoms with Crippen LogP contribution in [0.1, 0.15) is 25.7 Å². The topological polar surface area (TPSA) is 60.0 Å². The molecule has 0 spiro atoms. The molecule has 2 saturated heterocycles. The van der Waals surface area contributed by atoms with E-state index >= 15 is 0 Å². The number of hydrogen-bond donors (Lipinski definition) is 2. The predicted molar refractivity (Wildman–Crippen MR) is 72.2 cm³/mol. The van der Waals surface area contributed by atoms with Gasteiger partial charge in [-0.05, 0) is 38.1 Å². The molecule has 2 rings (SSSR count). The van der Waals surface area contributed by atoms with Crippen LogP contribution in [0.15, 0.2) is 0 Å². The Morgan fingerprint density at radius 2 is 2.05 bits per heavy atom. The van der Waals surface area contributed by atoms with E-state index in [1.165, 1.54) is 0 Å². The molecule has 0 aromatic rings. The van der Waals surface area contributed by atoms with Gasteiger partial charge >= 0.3 is 0 Å². The van der Waals surface area contributed by atoms with Crippen LogP contribution < -0.4 is 5.32 Å². The summed E-state index contributed by atoms with van der Waals surface area (Å²) in [5, 5.41) is 13.1. The summed E-state index contributed by atoms with van der Waals surface area (Å²) in [6.07, 6.45) is 4.27. The van der Waals surface area contributed by atoms with E-state index in [0.717, 1.165) is 52.0 Å². The molecular weight excluding hydrogens is 246 g/mol. The lowest BCUT2D eigenvalue weighted by molar-refractivity contribution is -0.0168. The summed E-state index contributed by atoms with van der Waals surface area (Å²) < 4.78 is 16.3. The molecule has 0 amide bonds. The number of aliphatic hydroxyl groups excluding tert-OH is 1. The fraction of sp³-hybridized carbons (Fsp3) is 1.00. The molecule has 2 unspecified atom stereocenters. The van der Waals surface area contributed by atoms with Gasteiger partial charge in [0.1, 0.15) is 0 Å². The van der Waals surface area contributed by atoms with Gasteiger partial charge in [0.25, 0.3) is 0 Å². The molecule has 2 aliphatic rings. The third-order valence-corrected chi connectivity index (χ3v) is 3.79. The minimum Gasteiger partial charge on any atom is -0.389 e. The molecule has 5 nitrogen and oxygen atoms in total. The van der Waals surface area contributed by atoms with Crippen molar-refractivity contribution < 1.29 is 19.3 Å². The van der Waals surface area contributed by atoms with Crippen LogP contribution in [0.2, 0.25) is 0 Å². The van der Waals surface area contributed by atoms with E-state index in [2.05, 4.69) is 5.32 Å². The third-order valence-electron chi connectivity index (χ3n) is 3.79. The van der Waals surface area contributed by atoms with E-state index < -0.39 is 6.10 Å². The number of ether oxygens (including phenoxy) is 3. The minimum absolute atomic E-state index is 0.238. The molecule has 0 bridgehead atoms. The first kappa shape index (κ1) is 15.2. The second-order valence-electron chi connectivity index (χ2n) is 5.54. The molecule has 0 aliphatic carbocycles. The van der Waals surface area contributed by atoms with Gasteiger partial charge in [-0.25, -0.2) is 0 Å². The largest absolute Gasteiger partial charge is 0.389 e. The van der Waals surface area contributed by atoms with Crippen molar-refractivity contribution in [2.75, 3.05) is 46.1 Å². The molecule has 0 saturated carbocycles. The van der Waals surface area contributed by atoms with Crippen molar-refractivity contribution >= 4 is 0 Å². The molecule has 2 heterocycles. The Kier molecular flexibility index (Phi) is 7.09. The minimum atomic E-state index is -0.429. The summed E-state index contributed by atoms with van der Waals surface area (Å²) in [5.41, 5.74) is 0. The standard InChI is InChI=1S/C14H27NO4/c16-13(10-18-11-14-2-1-5-19-14)9-15-8-12-3-6-17-7-4-12/h12-16H,1-11H2. The van der Waals surface area contributed by atoms with Crippen molar-refractivity contribution in [3.8, 4) is 0 Å². The summed E-state index contributed by atoms with van der Waals surface area (Å²) in [5.74, 6) is 0.689. The van der Waals surface area contributed by atoms with E-state index in [0.29, 0.717) is 25.7 Å². The van der Waals surface area contributed by atoms with Gasteiger partial charge in [0.15, 0.2) is 0 Å². The number of aliphatic hydroxyl groups is 1. The fourth-order valence-corrected chi connectivity index (χ4v) is 2.57. The van der Waals surface area contributed by atoms with Gasteiger partial charge in [0, 0.05) is 26.4 Å². The highest BCUT2D eigenvalue weighted by atomic mass is 16.5. The van der Waals surface area contributed by atoms with E-state index in [1.54, 1.807) is 0 Å². The van der Waals surface area contributed by atoms with E-state index in [1.807, 2.05) is 0 Å². The van der Waals surface area contributed by atoms with Gasteiger partial charge < -0.3 is 24.6 Å². The number of rotatable bonds is 8. The molecule has 2 fully saturated rings. The second-order valence-corrected chi connectivity index (χ2v) is 5.54. The first-order valence-corrected chi connectivity index (χ1v) is 7.50. The average Bonchev–Trinajstić information content (AvgIpc) is 2.93. The third kappa shape index (κ3) is 6.19.